The van der Waals surface area contributed by atoms with E-state index in [0.717, 1.165) is 45.0 Å². The minimum atomic E-state index is 0.0328. The Labute approximate surface area is 137 Å². The van der Waals surface area contributed by atoms with E-state index in [4.69, 9.17) is 9.47 Å². The highest BCUT2D eigenvalue weighted by atomic mass is 16.5. The molecule has 7 heteroatoms. The van der Waals surface area contributed by atoms with Gasteiger partial charge in [0.25, 0.3) is 0 Å². The quantitative estimate of drug-likeness (QED) is 0.788. The number of nitrogens with zero attached hydrogens (tertiary/aromatic N) is 4. The first-order chi connectivity index (χ1) is 11.1. The van der Waals surface area contributed by atoms with E-state index in [-0.39, 0.29) is 17.9 Å². The first-order valence-electron chi connectivity index (χ1n) is 8.15. The summed E-state index contributed by atoms with van der Waals surface area (Å²) in [6.45, 7) is 5.69. The van der Waals surface area contributed by atoms with Gasteiger partial charge < -0.3 is 18.9 Å². The monoisotopic (exact) mass is 322 g/mol. The molecule has 2 fully saturated rings. The van der Waals surface area contributed by atoms with Crippen LogP contribution in [0.3, 0.4) is 0 Å². The third-order valence-corrected chi connectivity index (χ3v) is 4.86. The number of rotatable bonds is 4. The van der Waals surface area contributed by atoms with Crippen molar-refractivity contribution in [3.8, 4) is 0 Å². The van der Waals surface area contributed by atoms with Gasteiger partial charge in [-0.05, 0) is 13.0 Å². The molecule has 1 atom stereocenters. The molecule has 23 heavy (non-hydrogen) atoms. The smallest absolute Gasteiger partial charge is 0.248 e. The van der Waals surface area contributed by atoms with E-state index in [9.17, 15) is 4.79 Å². The van der Waals surface area contributed by atoms with Crippen LogP contribution in [0.25, 0.3) is 0 Å². The predicted molar refractivity (Wildman–Crippen MR) is 84.8 cm³/mol. The Morgan fingerprint density at radius 1 is 1.43 bits per heavy atom. The van der Waals surface area contributed by atoms with Crippen molar-refractivity contribution in [3.05, 3.63) is 18.2 Å². The van der Waals surface area contributed by atoms with Crippen LogP contribution in [-0.4, -0.2) is 78.4 Å². The lowest BCUT2D eigenvalue weighted by molar-refractivity contribution is -0.136. The molecule has 2 saturated heterocycles. The summed E-state index contributed by atoms with van der Waals surface area (Å²) in [5.41, 5.74) is 0.0328. The van der Waals surface area contributed by atoms with Crippen molar-refractivity contribution in [1.82, 2.24) is 19.4 Å². The van der Waals surface area contributed by atoms with E-state index < -0.39 is 0 Å². The van der Waals surface area contributed by atoms with Gasteiger partial charge in [-0.25, -0.2) is 4.98 Å². The molecule has 0 N–H and O–H groups in total. The summed E-state index contributed by atoms with van der Waals surface area (Å²) in [5, 5.41) is 0. The molecule has 1 aromatic heterocycles. The zero-order valence-corrected chi connectivity index (χ0v) is 14.0. The summed E-state index contributed by atoms with van der Waals surface area (Å²) in [4.78, 5) is 20.9. The van der Waals surface area contributed by atoms with Crippen LogP contribution in [0.5, 0.6) is 0 Å². The van der Waals surface area contributed by atoms with E-state index in [2.05, 4.69) is 14.5 Å². The zero-order chi connectivity index (χ0) is 16.3. The number of imidazole rings is 1. The number of carbonyl (C=O) groups is 1. The summed E-state index contributed by atoms with van der Waals surface area (Å²) in [5.74, 6) is 1.13. The summed E-state index contributed by atoms with van der Waals surface area (Å²) in [6, 6.07) is 0. The predicted octanol–water partition coefficient (Wildman–Crippen LogP) is 0.117. The second kappa shape index (κ2) is 6.98. The van der Waals surface area contributed by atoms with Crippen molar-refractivity contribution in [2.75, 3.05) is 53.1 Å². The number of amides is 1. The lowest BCUT2D eigenvalue weighted by Gasteiger charge is -2.31. The normalized spacial score (nSPS) is 25.9. The SMILES string of the molecule is COCC(=O)N1CCOCC2(CCN(Cc3nccn3C)C2)C1. The number of hydrogen-bond acceptors (Lipinski definition) is 5. The Hall–Kier alpha value is -1.44. The zero-order valence-electron chi connectivity index (χ0n) is 14.0. The summed E-state index contributed by atoms with van der Waals surface area (Å²) < 4.78 is 12.9. The van der Waals surface area contributed by atoms with E-state index in [1.165, 1.54) is 0 Å². The molecule has 2 aliphatic rings. The standard InChI is InChI=1S/C16H26N4O3/c1-18-6-4-17-14(18)9-19-5-3-16(11-19)12-20(7-8-23-13-16)15(21)10-22-2/h4,6H,3,5,7-13H2,1-2H3. The van der Waals surface area contributed by atoms with Crippen molar-refractivity contribution < 1.29 is 14.3 Å². The fourth-order valence-corrected chi connectivity index (χ4v) is 3.58. The van der Waals surface area contributed by atoms with E-state index in [1.54, 1.807) is 7.11 Å². The number of hydrogen-bond donors (Lipinski definition) is 0. The highest BCUT2D eigenvalue weighted by molar-refractivity contribution is 5.77. The molecule has 0 aromatic carbocycles. The molecule has 0 bridgehead atoms. The molecule has 128 valence electrons. The second-order valence-corrected chi connectivity index (χ2v) is 6.72. The maximum Gasteiger partial charge on any atom is 0.248 e. The van der Waals surface area contributed by atoms with Crippen LogP contribution in [0.15, 0.2) is 12.4 Å². The van der Waals surface area contributed by atoms with Gasteiger partial charge in [0.1, 0.15) is 12.4 Å². The lowest BCUT2D eigenvalue weighted by atomic mass is 9.87. The molecule has 1 unspecified atom stereocenters. The highest BCUT2D eigenvalue weighted by Gasteiger charge is 2.42. The average molecular weight is 322 g/mol. The Morgan fingerprint density at radius 3 is 3.04 bits per heavy atom. The first-order valence-corrected chi connectivity index (χ1v) is 8.15. The number of carbonyl (C=O) groups excluding carboxylic acids is 1. The van der Waals surface area contributed by atoms with Crippen molar-refractivity contribution in [1.29, 1.82) is 0 Å². The average Bonchev–Trinajstić information content (AvgIpc) is 3.03. The molecule has 0 aliphatic carbocycles. The topological polar surface area (TPSA) is 59.8 Å². The summed E-state index contributed by atoms with van der Waals surface area (Å²) in [6.07, 6.45) is 4.86. The number of likely N-dealkylation sites (tertiary alicyclic amines) is 1. The van der Waals surface area contributed by atoms with Gasteiger partial charge in [0, 0.05) is 51.6 Å². The van der Waals surface area contributed by atoms with Gasteiger partial charge in [-0.2, -0.15) is 0 Å². The molecule has 3 rings (SSSR count). The molecule has 2 aliphatic heterocycles. The van der Waals surface area contributed by atoms with Crippen LogP contribution in [0.1, 0.15) is 12.2 Å². The van der Waals surface area contributed by atoms with Gasteiger partial charge in [0.05, 0.1) is 19.8 Å². The molecule has 0 radical (unpaired) electrons. The largest absolute Gasteiger partial charge is 0.379 e. The third-order valence-electron chi connectivity index (χ3n) is 4.86. The van der Waals surface area contributed by atoms with E-state index in [1.807, 2.05) is 24.3 Å². The Morgan fingerprint density at radius 2 is 2.30 bits per heavy atom. The molecular weight excluding hydrogens is 296 g/mol. The minimum absolute atomic E-state index is 0.0328. The number of methoxy groups -OCH3 is 1. The Bertz CT molecular complexity index is 547. The number of ether oxygens (including phenoxy) is 2. The van der Waals surface area contributed by atoms with Crippen LogP contribution in [0.4, 0.5) is 0 Å². The molecule has 1 amide bonds. The van der Waals surface area contributed by atoms with Gasteiger partial charge in [-0.1, -0.05) is 0 Å². The summed E-state index contributed by atoms with van der Waals surface area (Å²) in [7, 11) is 3.58. The van der Waals surface area contributed by atoms with Crippen LogP contribution >= 0.6 is 0 Å². The van der Waals surface area contributed by atoms with Crippen molar-refractivity contribution in [3.63, 3.8) is 0 Å². The molecular formula is C16H26N4O3. The Balaban J connectivity index is 1.64. The Kier molecular flexibility index (Phi) is 4.99. The van der Waals surface area contributed by atoms with Crippen LogP contribution in [-0.2, 0) is 27.9 Å². The fraction of sp³-hybridized carbons (Fsp3) is 0.750. The van der Waals surface area contributed by atoms with E-state index >= 15 is 0 Å². The van der Waals surface area contributed by atoms with E-state index in [0.29, 0.717) is 13.2 Å². The molecule has 1 spiro atoms. The van der Waals surface area contributed by atoms with Gasteiger partial charge in [0.2, 0.25) is 5.91 Å². The molecule has 0 saturated carbocycles. The van der Waals surface area contributed by atoms with Crippen LogP contribution < -0.4 is 0 Å². The minimum Gasteiger partial charge on any atom is -0.379 e. The molecule has 7 nitrogen and oxygen atoms in total. The fourth-order valence-electron chi connectivity index (χ4n) is 3.58. The molecule has 3 heterocycles. The third kappa shape index (κ3) is 3.73. The van der Waals surface area contributed by atoms with Crippen molar-refractivity contribution >= 4 is 5.91 Å². The van der Waals surface area contributed by atoms with Gasteiger partial charge in [-0.15, -0.1) is 0 Å². The van der Waals surface area contributed by atoms with Crippen LogP contribution in [0, 0.1) is 5.41 Å². The maximum atomic E-state index is 12.2. The first kappa shape index (κ1) is 16.4. The van der Waals surface area contributed by atoms with Crippen molar-refractivity contribution in [2.45, 2.75) is 13.0 Å². The number of aromatic nitrogens is 2. The molecule has 1 aromatic rings. The second-order valence-electron chi connectivity index (χ2n) is 6.72. The van der Waals surface area contributed by atoms with Gasteiger partial charge in [-0.3, -0.25) is 9.69 Å². The van der Waals surface area contributed by atoms with Crippen molar-refractivity contribution in [2.24, 2.45) is 12.5 Å². The number of aryl methyl sites for hydroxylation is 1. The van der Waals surface area contributed by atoms with Crippen LogP contribution in [0.2, 0.25) is 0 Å². The highest BCUT2D eigenvalue weighted by Crippen LogP contribution is 2.34. The maximum absolute atomic E-state index is 12.2. The summed E-state index contributed by atoms with van der Waals surface area (Å²) >= 11 is 0. The van der Waals surface area contributed by atoms with Gasteiger partial charge >= 0.3 is 0 Å². The van der Waals surface area contributed by atoms with Gasteiger partial charge in [0.15, 0.2) is 0 Å². The lowest BCUT2D eigenvalue weighted by Crippen LogP contribution is -2.44.